The fraction of sp³-hybridized carbons (Fsp3) is 0.960. The summed E-state index contributed by atoms with van der Waals surface area (Å²) in [6.45, 7) is 8.14. The van der Waals surface area contributed by atoms with Crippen molar-refractivity contribution in [2.75, 3.05) is 32.8 Å². The van der Waals surface area contributed by atoms with Crippen molar-refractivity contribution in [1.29, 1.82) is 0 Å². The molecule has 1 amide bonds. The first-order valence-corrected chi connectivity index (χ1v) is 12.6. The molecule has 4 nitrogen and oxygen atoms in total. The van der Waals surface area contributed by atoms with Gasteiger partial charge in [0.2, 0.25) is 5.91 Å². The minimum Gasteiger partial charge on any atom is -0.376 e. The molecular weight excluding hydrogens is 379 g/mol. The third kappa shape index (κ3) is 4.30. The number of hydrogen-bond donors (Lipinski definition) is 1. The smallest absolute Gasteiger partial charge is 0.226 e. The van der Waals surface area contributed by atoms with E-state index in [1.165, 1.54) is 19.3 Å². The standard InChI is InChI=1S/C25H41FN2O2/c1-24(2)10-17(4-6-30-24)15-28-5-3-21(22(26)16-28)14-27-23(29)25-11-18-7-19(12-25)9-20(8-18)13-25/h17-22H,3-16H2,1-2H3,(H,27,29). The van der Waals surface area contributed by atoms with Gasteiger partial charge in [-0.05, 0) is 102 Å². The van der Waals surface area contributed by atoms with Crippen molar-refractivity contribution >= 4 is 5.91 Å². The Balaban J connectivity index is 1.09. The zero-order valence-corrected chi connectivity index (χ0v) is 19.0. The zero-order valence-electron chi connectivity index (χ0n) is 19.0. The van der Waals surface area contributed by atoms with E-state index in [0.29, 0.717) is 19.0 Å². The average Bonchev–Trinajstić information content (AvgIpc) is 2.65. The second-order valence-corrected chi connectivity index (χ2v) is 12.2. The molecule has 4 saturated carbocycles. The van der Waals surface area contributed by atoms with Crippen LogP contribution in [0.25, 0.3) is 0 Å². The van der Waals surface area contributed by atoms with Gasteiger partial charge in [-0.25, -0.2) is 4.39 Å². The SMILES string of the molecule is CC1(C)CC(CN2CCC(CNC(=O)C34CC5CC(CC(C5)C3)C4)C(F)C2)CCO1. The number of likely N-dealkylation sites (tertiary alicyclic amines) is 1. The molecule has 0 spiro atoms. The third-order valence-corrected chi connectivity index (χ3v) is 9.12. The van der Waals surface area contributed by atoms with Crippen LogP contribution in [0.15, 0.2) is 0 Å². The van der Waals surface area contributed by atoms with Gasteiger partial charge in [0.05, 0.1) is 5.60 Å². The predicted octanol–water partition coefficient (Wildman–Crippen LogP) is 4.18. The summed E-state index contributed by atoms with van der Waals surface area (Å²) in [5.41, 5.74) is -0.158. The van der Waals surface area contributed by atoms with Gasteiger partial charge in [-0.1, -0.05) is 0 Å². The lowest BCUT2D eigenvalue weighted by Gasteiger charge is -2.55. The van der Waals surface area contributed by atoms with Gasteiger partial charge < -0.3 is 15.0 Å². The minimum atomic E-state index is -0.830. The predicted molar refractivity (Wildman–Crippen MR) is 116 cm³/mol. The lowest BCUT2D eigenvalue weighted by Crippen LogP contribution is -2.55. The molecule has 6 aliphatic rings. The van der Waals surface area contributed by atoms with Crippen LogP contribution >= 0.6 is 0 Å². The molecule has 6 fully saturated rings. The number of carbonyl (C=O) groups is 1. The van der Waals surface area contributed by atoms with E-state index in [1.807, 2.05) is 0 Å². The Labute approximate surface area is 181 Å². The highest BCUT2D eigenvalue weighted by atomic mass is 19.1. The summed E-state index contributed by atoms with van der Waals surface area (Å²) in [5, 5.41) is 3.23. The van der Waals surface area contributed by atoms with Gasteiger partial charge >= 0.3 is 0 Å². The number of amides is 1. The van der Waals surface area contributed by atoms with Crippen molar-refractivity contribution in [1.82, 2.24) is 10.2 Å². The van der Waals surface area contributed by atoms with Crippen molar-refractivity contribution in [3.63, 3.8) is 0 Å². The van der Waals surface area contributed by atoms with Gasteiger partial charge in [0, 0.05) is 37.6 Å². The summed E-state index contributed by atoms with van der Waals surface area (Å²) in [7, 11) is 0. The summed E-state index contributed by atoms with van der Waals surface area (Å²) in [6.07, 6.45) is 9.48. The van der Waals surface area contributed by atoms with E-state index in [9.17, 15) is 9.18 Å². The highest BCUT2D eigenvalue weighted by molar-refractivity contribution is 5.83. The summed E-state index contributed by atoms with van der Waals surface area (Å²) in [5.74, 6) is 3.15. The lowest BCUT2D eigenvalue weighted by molar-refractivity contribution is -0.146. The number of hydrogen-bond acceptors (Lipinski definition) is 3. The lowest BCUT2D eigenvalue weighted by atomic mass is 9.49. The van der Waals surface area contributed by atoms with Gasteiger partial charge in [0.1, 0.15) is 6.17 Å². The first-order chi connectivity index (χ1) is 14.3. The van der Waals surface area contributed by atoms with Crippen molar-refractivity contribution in [2.45, 2.75) is 83.4 Å². The van der Waals surface area contributed by atoms with Crippen LogP contribution in [0.2, 0.25) is 0 Å². The van der Waals surface area contributed by atoms with E-state index < -0.39 is 6.17 Å². The number of piperidine rings is 1. The van der Waals surface area contributed by atoms with E-state index in [-0.39, 0.29) is 22.8 Å². The number of alkyl halides is 1. The monoisotopic (exact) mass is 420 g/mol. The normalized spacial score (nSPS) is 45.4. The molecule has 4 bridgehead atoms. The Bertz CT molecular complexity index is 616. The molecule has 30 heavy (non-hydrogen) atoms. The largest absolute Gasteiger partial charge is 0.376 e. The molecule has 0 aromatic rings. The highest BCUT2D eigenvalue weighted by Gasteiger charge is 2.54. The van der Waals surface area contributed by atoms with E-state index >= 15 is 0 Å². The minimum absolute atomic E-state index is 0.0229. The Kier molecular flexibility index (Phi) is 5.67. The van der Waals surface area contributed by atoms with Gasteiger partial charge in [0.15, 0.2) is 0 Å². The maximum absolute atomic E-state index is 15.0. The summed E-state index contributed by atoms with van der Waals surface area (Å²) < 4.78 is 20.8. The number of halogens is 1. The van der Waals surface area contributed by atoms with Crippen LogP contribution < -0.4 is 5.32 Å². The maximum atomic E-state index is 15.0. The molecule has 170 valence electrons. The van der Waals surface area contributed by atoms with E-state index in [2.05, 4.69) is 24.1 Å². The van der Waals surface area contributed by atoms with Gasteiger partial charge in [0.25, 0.3) is 0 Å². The Hall–Kier alpha value is -0.680. The summed E-state index contributed by atoms with van der Waals surface area (Å²) in [4.78, 5) is 15.5. The van der Waals surface area contributed by atoms with Crippen LogP contribution in [0.4, 0.5) is 4.39 Å². The fourth-order valence-electron chi connectivity index (χ4n) is 8.09. The second-order valence-electron chi connectivity index (χ2n) is 12.2. The highest BCUT2D eigenvalue weighted by Crippen LogP contribution is 2.60. The number of ether oxygens (including phenoxy) is 1. The fourth-order valence-corrected chi connectivity index (χ4v) is 8.09. The number of nitrogens with one attached hydrogen (secondary N) is 1. The number of nitrogens with zero attached hydrogens (tertiary/aromatic N) is 1. The third-order valence-electron chi connectivity index (χ3n) is 9.12. The Morgan fingerprint density at radius 2 is 1.73 bits per heavy atom. The van der Waals surface area contributed by atoms with E-state index in [4.69, 9.17) is 4.74 Å². The van der Waals surface area contributed by atoms with Crippen LogP contribution in [0.1, 0.15) is 71.6 Å². The van der Waals surface area contributed by atoms with Gasteiger partial charge in [-0.2, -0.15) is 0 Å². The molecule has 2 heterocycles. The average molecular weight is 421 g/mol. The first kappa shape index (κ1) is 21.2. The first-order valence-electron chi connectivity index (χ1n) is 12.6. The van der Waals surface area contributed by atoms with Crippen LogP contribution in [-0.2, 0) is 9.53 Å². The molecule has 3 atom stereocenters. The summed E-state index contributed by atoms with van der Waals surface area (Å²) >= 11 is 0. The van der Waals surface area contributed by atoms with E-state index in [0.717, 1.165) is 76.0 Å². The zero-order chi connectivity index (χ0) is 20.9. The summed E-state index contributed by atoms with van der Waals surface area (Å²) in [6, 6.07) is 0. The van der Waals surface area contributed by atoms with Crippen molar-refractivity contribution in [2.24, 2.45) is 35.0 Å². The molecule has 0 radical (unpaired) electrons. The molecule has 3 unspecified atom stereocenters. The van der Waals surface area contributed by atoms with Crippen LogP contribution in [-0.4, -0.2) is 55.4 Å². The van der Waals surface area contributed by atoms with Crippen molar-refractivity contribution in [3.8, 4) is 0 Å². The van der Waals surface area contributed by atoms with Crippen molar-refractivity contribution in [3.05, 3.63) is 0 Å². The molecule has 6 rings (SSSR count). The van der Waals surface area contributed by atoms with Crippen LogP contribution in [0.5, 0.6) is 0 Å². The van der Waals surface area contributed by atoms with Gasteiger partial charge in [-0.15, -0.1) is 0 Å². The molecule has 2 saturated heterocycles. The molecular formula is C25H41FN2O2. The van der Waals surface area contributed by atoms with Gasteiger partial charge in [-0.3, -0.25) is 4.79 Å². The number of carbonyl (C=O) groups excluding carboxylic acids is 1. The Morgan fingerprint density at radius 1 is 1.07 bits per heavy atom. The Morgan fingerprint density at radius 3 is 2.33 bits per heavy atom. The molecule has 0 aromatic heterocycles. The topological polar surface area (TPSA) is 41.6 Å². The van der Waals surface area contributed by atoms with Crippen molar-refractivity contribution < 1.29 is 13.9 Å². The molecule has 2 aliphatic heterocycles. The molecule has 1 N–H and O–H groups in total. The number of rotatable bonds is 5. The molecule has 5 heteroatoms. The van der Waals surface area contributed by atoms with Crippen LogP contribution in [0.3, 0.4) is 0 Å². The second kappa shape index (κ2) is 8.03. The molecule has 4 aliphatic carbocycles. The molecule has 0 aromatic carbocycles. The van der Waals surface area contributed by atoms with Crippen LogP contribution in [0, 0.1) is 35.0 Å². The maximum Gasteiger partial charge on any atom is 0.226 e. The van der Waals surface area contributed by atoms with E-state index in [1.54, 1.807) is 0 Å². The quantitative estimate of drug-likeness (QED) is 0.725.